The molecule has 2 aliphatic rings. The molecular weight excluding hydrogens is 291 g/mol. The Balaban J connectivity index is 1.59. The number of carbonyl (C=O) groups is 1. The number of amides is 2. The molecule has 1 aliphatic heterocycles. The lowest BCUT2D eigenvalue weighted by Gasteiger charge is -2.28. The number of halogens is 1. The van der Waals surface area contributed by atoms with Crippen LogP contribution in [0.4, 0.5) is 14.9 Å². The Morgan fingerprint density at radius 1 is 1.13 bits per heavy atom. The van der Waals surface area contributed by atoms with E-state index in [1.807, 2.05) is 34.1 Å². The van der Waals surface area contributed by atoms with E-state index >= 15 is 0 Å². The van der Waals surface area contributed by atoms with E-state index in [1.54, 1.807) is 12.1 Å². The predicted octanol–water partition coefficient (Wildman–Crippen LogP) is 3.97. The van der Waals surface area contributed by atoms with Gasteiger partial charge in [0.2, 0.25) is 0 Å². The first kappa shape index (κ1) is 14.2. The van der Waals surface area contributed by atoms with Crippen LogP contribution in [0.5, 0.6) is 0 Å². The van der Waals surface area contributed by atoms with Crippen LogP contribution in [-0.2, 0) is 13.0 Å². The van der Waals surface area contributed by atoms with Crippen molar-refractivity contribution in [3.63, 3.8) is 0 Å². The summed E-state index contributed by atoms with van der Waals surface area (Å²) in [7, 11) is 0. The first-order valence-corrected chi connectivity index (χ1v) is 8.13. The lowest BCUT2D eigenvalue weighted by Crippen LogP contribution is -2.43. The number of para-hydroxylation sites is 1. The van der Waals surface area contributed by atoms with Crippen LogP contribution in [0.2, 0.25) is 0 Å². The lowest BCUT2D eigenvalue weighted by atomic mass is 10.2. The number of rotatable bonds is 3. The van der Waals surface area contributed by atoms with Gasteiger partial charge in [0, 0.05) is 23.8 Å². The molecule has 4 rings (SSSR count). The van der Waals surface area contributed by atoms with Crippen molar-refractivity contribution in [2.45, 2.75) is 31.8 Å². The smallest absolute Gasteiger partial charge is 0.317 e. The molecule has 1 fully saturated rings. The number of hydrogen-bond donors (Lipinski definition) is 0. The minimum Gasteiger partial charge on any atom is -0.317 e. The largest absolute Gasteiger partial charge is 0.325 e. The van der Waals surface area contributed by atoms with E-state index in [9.17, 15) is 9.18 Å². The minimum atomic E-state index is -0.243. The molecule has 0 saturated heterocycles. The first-order valence-electron chi connectivity index (χ1n) is 8.13. The van der Waals surface area contributed by atoms with Crippen molar-refractivity contribution in [3.8, 4) is 0 Å². The number of anilines is 1. The Labute approximate surface area is 135 Å². The van der Waals surface area contributed by atoms with E-state index in [0.717, 1.165) is 24.9 Å². The fraction of sp³-hybridized carbons (Fsp3) is 0.316. The molecule has 0 atom stereocenters. The van der Waals surface area contributed by atoms with Crippen LogP contribution in [0.1, 0.15) is 24.0 Å². The van der Waals surface area contributed by atoms with Gasteiger partial charge in [-0.15, -0.1) is 0 Å². The lowest BCUT2D eigenvalue weighted by molar-refractivity contribution is 0.198. The maximum Gasteiger partial charge on any atom is 0.325 e. The fourth-order valence-electron chi connectivity index (χ4n) is 3.24. The average molecular weight is 310 g/mol. The molecule has 1 heterocycles. The molecule has 2 aromatic rings. The van der Waals surface area contributed by atoms with Gasteiger partial charge in [-0.25, -0.2) is 9.18 Å². The quantitative estimate of drug-likeness (QED) is 0.841. The summed E-state index contributed by atoms with van der Waals surface area (Å²) in [6.45, 7) is 1.05. The SMILES string of the molecule is O=C(N1CCc2ccccc21)N(Cc1ccccc1F)C1CC1. The molecule has 23 heavy (non-hydrogen) atoms. The van der Waals surface area contributed by atoms with Crippen LogP contribution in [0.3, 0.4) is 0 Å². The highest BCUT2D eigenvalue weighted by Crippen LogP contribution is 2.34. The normalized spacial score (nSPS) is 16.3. The molecule has 3 nitrogen and oxygen atoms in total. The van der Waals surface area contributed by atoms with Crippen LogP contribution in [0, 0.1) is 5.82 Å². The number of benzene rings is 2. The Bertz CT molecular complexity index is 742. The summed E-state index contributed by atoms with van der Waals surface area (Å²) in [5.74, 6) is -0.243. The van der Waals surface area contributed by atoms with Crippen molar-refractivity contribution in [1.29, 1.82) is 0 Å². The van der Waals surface area contributed by atoms with E-state index < -0.39 is 0 Å². The summed E-state index contributed by atoms with van der Waals surface area (Å²) < 4.78 is 14.0. The zero-order chi connectivity index (χ0) is 15.8. The van der Waals surface area contributed by atoms with Crippen molar-refractivity contribution in [2.24, 2.45) is 0 Å². The molecule has 0 spiro atoms. The standard InChI is InChI=1S/C19H19FN2O/c20-17-7-3-1-6-15(17)13-22(16-9-10-16)19(23)21-12-11-14-5-2-4-8-18(14)21/h1-8,16H,9-13H2. The molecule has 0 radical (unpaired) electrons. The first-order chi connectivity index (χ1) is 11.2. The van der Waals surface area contributed by atoms with Gasteiger partial charge in [0.15, 0.2) is 0 Å². The number of carbonyl (C=O) groups excluding carboxylic acids is 1. The van der Waals surface area contributed by atoms with Crippen molar-refractivity contribution in [2.75, 3.05) is 11.4 Å². The Morgan fingerprint density at radius 3 is 2.65 bits per heavy atom. The highest BCUT2D eigenvalue weighted by Gasteiger charge is 2.37. The number of urea groups is 1. The summed E-state index contributed by atoms with van der Waals surface area (Å²) in [5.41, 5.74) is 2.79. The number of hydrogen-bond acceptors (Lipinski definition) is 1. The second-order valence-electron chi connectivity index (χ2n) is 6.26. The Hall–Kier alpha value is -2.36. The third-order valence-corrected chi connectivity index (χ3v) is 4.65. The summed E-state index contributed by atoms with van der Waals surface area (Å²) in [5, 5.41) is 0. The van der Waals surface area contributed by atoms with Gasteiger partial charge in [-0.2, -0.15) is 0 Å². The predicted molar refractivity (Wildman–Crippen MR) is 87.9 cm³/mol. The second-order valence-corrected chi connectivity index (χ2v) is 6.26. The highest BCUT2D eigenvalue weighted by molar-refractivity contribution is 5.94. The zero-order valence-electron chi connectivity index (χ0n) is 12.9. The van der Waals surface area contributed by atoms with E-state index in [4.69, 9.17) is 0 Å². The Kier molecular flexibility index (Phi) is 3.52. The van der Waals surface area contributed by atoms with Gasteiger partial charge < -0.3 is 4.90 Å². The van der Waals surface area contributed by atoms with Gasteiger partial charge >= 0.3 is 6.03 Å². The van der Waals surface area contributed by atoms with Gasteiger partial charge in [0.1, 0.15) is 5.82 Å². The van der Waals surface area contributed by atoms with Crippen molar-refractivity contribution in [1.82, 2.24) is 4.90 Å². The molecule has 4 heteroatoms. The van der Waals surface area contributed by atoms with Crippen LogP contribution >= 0.6 is 0 Å². The maximum absolute atomic E-state index is 14.0. The molecule has 1 aliphatic carbocycles. The summed E-state index contributed by atoms with van der Waals surface area (Å²) >= 11 is 0. The Morgan fingerprint density at radius 2 is 1.87 bits per heavy atom. The number of fused-ring (bicyclic) bond motifs is 1. The summed E-state index contributed by atoms with van der Waals surface area (Å²) in [6.07, 6.45) is 2.91. The van der Waals surface area contributed by atoms with Gasteiger partial charge in [-0.3, -0.25) is 4.90 Å². The molecule has 2 aromatic carbocycles. The van der Waals surface area contributed by atoms with E-state index in [0.29, 0.717) is 18.7 Å². The molecule has 0 unspecified atom stereocenters. The minimum absolute atomic E-state index is 0.000651. The number of nitrogens with zero attached hydrogens (tertiary/aromatic N) is 2. The summed E-state index contributed by atoms with van der Waals surface area (Å²) in [6, 6.07) is 15.0. The fourth-order valence-corrected chi connectivity index (χ4v) is 3.24. The second kappa shape index (κ2) is 5.69. The average Bonchev–Trinajstić information content (AvgIpc) is 3.32. The monoisotopic (exact) mass is 310 g/mol. The molecule has 0 aromatic heterocycles. The molecule has 118 valence electrons. The van der Waals surface area contributed by atoms with E-state index in [-0.39, 0.29) is 17.9 Å². The van der Waals surface area contributed by atoms with Crippen LogP contribution < -0.4 is 4.90 Å². The van der Waals surface area contributed by atoms with Gasteiger partial charge in [-0.1, -0.05) is 36.4 Å². The zero-order valence-corrected chi connectivity index (χ0v) is 12.9. The van der Waals surface area contributed by atoms with Crippen LogP contribution in [-0.4, -0.2) is 23.5 Å². The van der Waals surface area contributed by atoms with E-state index in [2.05, 4.69) is 6.07 Å². The van der Waals surface area contributed by atoms with Gasteiger partial charge in [0.05, 0.1) is 6.54 Å². The molecule has 0 bridgehead atoms. The molecule has 1 saturated carbocycles. The van der Waals surface area contributed by atoms with Gasteiger partial charge in [0.25, 0.3) is 0 Å². The molecule has 0 N–H and O–H groups in total. The molecular formula is C19H19FN2O. The third-order valence-electron chi connectivity index (χ3n) is 4.65. The van der Waals surface area contributed by atoms with Crippen molar-refractivity contribution in [3.05, 3.63) is 65.5 Å². The van der Waals surface area contributed by atoms with Crippen LogP contribution in [0.25, 0.3) is 0 Å². The maximum atomic E-state index is 14.0. The van der Waals surface area contributed by atoms with Crippen molar-refractivity contribution < 1.29 is 9.18 Å². The van der Waals surface area contributed by atoms with Gasteiger partial charge in [-0.05, 0) is 37.0 Å². The topological polar surface area (TPSA) is 23.6 Å². The van der Waals surface area contributed by atoms with Crippen LogP contribution in [0.15, 0.2) is 48.5 Å². The summed E-state index contributed by atoms with van der Waals surface area (Å²) in [4.78, 5) is 16.7. The highest BCUT2D eigenvalue weighted by atomic mass is 19.1. The van der Waals surface area contributed by atoms with Crippen molar-refractivity contribution >= 4 is 11.7 Å². The third kappa shape index (κ3) is 2.69. The molecule has 2 amide bonds. The van der Waals surface area contributed by atoms with E-state index in [1.165, 1.54) is 11.6 Å².